The maximum absolute atomic E-state index is 5.38. The van der Waals surface area contributed by atoms with E-state index in [4.69, 9.17) is 4.74 Å². The minimum Gasteiger partial charge on any atom is -0.497 e. The van der Waals surface area contributed by atoms with Gasteiger partial charge >= 0.3 is 0 Å². The van der Waals surface area contributed by atoms with Crippen molar-refractivity contribution in [2.75, 3.05) is 25.1 Å². The topological polar surface area (TPSA) is 24.5 Å². The second-order valence-corrected chi connectivity index (χ2v) is 6.72. The fourth-order valence-corrected chi connectivity index (χ4v) is 3.07. The second-order valence-electron chi connectivity index (χ2n) is 5.80. The predicted octanol–water partition coefficient (Wildman–Crippen LogP) is 3.42. The SMILES string of the molecule is CCC1CNC(C)(C)CN1c1cc(Br)cc(OC)c1. The van der Waals surface area contributed by atoms with Crippen LogP contribution < -0.4 is 15.0 Å². The summed E-state index contributed by atoms with van der Waals surface area (Å²) in [5.74, 6) is 0.899. The van der Waals surface area contributed by atoms with Gasteiger partial charge in [-0.3, -0.25) is 0 Å². The first kappa shape index (κ1) is 14.7. The molecule has 0 amide bonds. The minimum atomic E-state index is 0.140. The van der Waals surface area contributed by atoms with Crippen LogP contribution in [0.4, 0.5) is 5.69 Å². The van der Waals surface area contributed by atoms with Gasteiger partial charge in [0.1, 0.15) is 5.75 Å². The molecule has 1 heterocycles. The van der Waals surface area contributed by atoms with Crippen LogP contribution in [-0.4, -0.2) is 31.8 Å². The van der Waals surface area contributed by atoms with Gasteiger partial charge in [-0.25, -0.2) is 0 Å². The molecule has 1 atom stereocenters. The zero-order valence-electron chi connectivity index (χ0n) is 12.2. The van der Waals surface area contributed by atoms with Crippen molar-refractivity contribution >= 4 is 21.6 Å². The van der Waals surface area contributed by atoms with E-state index in [2.05, 4.69) is 59.1 Å². The molecule has 3 nitrogen and oxygen atoms in total. The Hall–Kier alpha value is -0.740. The van der Waals surface area contributed by atoms with Gasteiger partial charge in [0, 0.05) is 40.9 Å². The lowest BCUT2D eigenvalue weighted by molar-refractivity contribution is 0.306. The van der Waals surface area contributed by atoms with E-state index in [1.165, 1.54) is 5.69 Å². The maximum Gasteiger partial charge on any atom is 0.122 e. The molecule has 1 saturated heterocycles. The summed E-state index contributed by atoms with van der Waals surface area (Å²) >= 11 is 3.57. The van der Waals surface area contributed by atoms with Crippen molar-refractivity contribution in [3.63, 3.8) is 0 Å². The van der Waals surface area contributed by atoms with Crippen molar-refractivity contribution < 1.29 is 4.74 Å². The molecule has 0 aromatic heterocycles. The van der Waals surface area contributed by atoms with Gasteiger partial charge in [-0.15, -0.1) is 0 Å². The Labute approximate surface area is 124 Å². The first-order valence-electron chi connectivity index (χ1n) is 6.81. The summed E-state index contributed by atoms with van der Waals surface area (Å²) in [6.07, 6.45) is 1.14. The van der Waals surface area contributed by atoms with Crippen LogP contribution in [0.2, 0.25) is 0 Å². The third kappa shape index (κ3) is 3.42. The normalized spacial score (nSPS) is 22.4. The van der Waals surface area contributed by atoms with Crippen molar-refractivity contribution in [3.05, 3.63) is 22.7 Å². The van der Waals surface area contributed by atoms with E-state index in [0.29, 0.717) is 6.04 Å². The second kappa shape index (κ2) is 5.71. The van der Waals surface area contributed by atoms with Crippen LogP contribution in [-0.2, 0) is 0 Å². The lowest BCUT2D eigenvalue weighted by Crippen LogP contribution is -2.61. The van der Waals surface area contributed by atoms with E-state index >= 15 is 0 Å². The van der Waals surface area contributed by atoms with Gasteiger partial charge in [0.2, 0.25) is 0 Å². The Bertz CT molecular complexity index is 448. The monoisotopic (exact) mass is 326 g/mol. The Morgan fingerprint density at radius 3 is 2.79 bits per heavy atom. The number of benzene rings is 1. The Morgan fingerprint density at radius 2 is 2.16 bits per heavy atom. The van der Waals surface area contributed by atoms with E-state index in [1.807, 2.05) is 6.07 Å². The molecular formula is C15H23BrN2O. The number of hydrogen-bond donors (Lipinski definition) is 1. The molecule has 1 aliphatic heterocycles. The number of anilines is 1. The maximum atomic E-state index is 5.38. The van der Waals surface area contributed by atoms with Crippen molar-refractivity contribution in [3.8, 4) is 5.75 Å². The van der Waals surface area contributed by atoms with E-state index in [-0.39, 0.29) is 5.54 Å². The van der Waals surface area contributed by atoms with Gasteiger partial charge in [-0.2, -0.15) is 0 Å². The van der Waals surface area contributed by atoms with Gasteiger partial charge in [0.05, 0.1) is 7.11 Å². The highest BCUT2D eigenvalue weighted by Crippen LogP contribution is 2.31. The van der Waals surface area contributed by atoms with E-state index < -0.39 is 0 Å². The predicted molar refractivity (Wildman–Crippen MR) is 84.2 cm³/mol. The Kier molecular flexibility index (Phi) is 4.41. The number of nitrogens with zero attached hydrogens (tertiary/aromatic N) is 1. The van der Waals surface area contributed by atoms with Gasteiger partial charge in [-0.1, -0.05) is 22.9 Å². The van der Waals surface area contributed by atoms with Crippen molar-refractivity contribution in [1.29, 1.82) is 0 Å². The number of piperazine rings is 1. The molecule has 1 fully saturated rings. The van der Waals surface area contributed by atoms with Gasteiger partial charge in [0.25, 0.3) is 0 Å². The first-order chi connectivity index (χ1) is 8.95. The molecule has 1 N–H and O–H groups in total. The van der Waals surface area contributed by atoms with Crippen molar-refractivity contribution in [2.24, 2.45) is 0 Å². The highest BCUT2D eigenvalue weighted by atomic mass is 79.9. The first-order valence-corrected chi connectivity index (χ1v) is 7.61. The van der Waals surface area contributed by atoms with E-state index in [0.717, 1.165) is 29.7 Å². The number of methoxy groups -OCH3 is 1. The molecule has 0 saturated carbocycles. The number of hydrogen-bond acceptors (Lipinski definition) is 3. The molecular weight excluding hydrogens is 304 g/mol. The summed E-state index contributed by atoms with van der Waals surface area (Å²) < 4.78 is 6.44. The average Bonchev–Trinajstić information content (AvgIpc) is 2.37. The highest BCUT2D eigenvalue weighted by Gasteiger charge is 2.31. The summed E-state index contributed by atoms with van der Waals surface area (Å²) in [5, 5.41) is 3.62. The molecule has 2 rings (SSSR count). The fraction of sp³-hybridized carbons (Fsp3) is 0.600. The zero-order chi connectivity index (χ0) is 14.0. The summed E-state index contributed by atoms with van der Waals surface area (Å²) in [4.78, 5) is 2.49. The molecule has 1 aliphatic rings. The summed E-state index contributed by atoms with van der Waals surface area (Å²) in [5.41, 5.74) is 1.37. The van der Waals surface area contributed by atoms with Gasteiger partial charge in [-0.05, 0) is 32.4 Å². The summed E-state index contributed by atoms with van der Waals surface area (Å²) in [7, 11) is 1.71. The molecule has 1 aromatic carbocycles. The Morgan fingerprint density at radius 1 is 1.42 bits per heavy atom. The largest absolute Gasteiger partial charge is 0.497 e. The van der Waals surface area contributed by atoms with Crippen LogP contribution in [0.25, 0.3) is 0 Å². The fourth-order valence-electron chi connectivity index (χ4n) is 2.61. The summed E-state index contributed by atoms with van der Waals surface area (Å²) in [6, 6.07) is 6.83. The lowest BCUT2D eigenvalue weighted by Gasteiger charge is -2.46. The number of halogens is 1. The molecule has 0 radical (unpaired) electrons. The molecule has 106 valence electrons. The van der Waals surface area contributed by atoms with Crippen molar-refractivity contribution in [1.82, 2.24) is 5.32 Å². The smallest absolute Gasteiger partial charge is 0.122 e. The van der Waals surface area contributed by atoms with Crippen LogP contribution in [0, 0.1) is 0 Å². The Balaban J connectivity index is 2.33. The number of ether oxygens (including phenoxy) is 1. The lowest BCUT2D eigenvalue weighted by atomic mass is 9.97. The van der Waals surface area contributed by atoms with Crippen LogP contribution in [0.15, 0.2) is 22.7 Å². The number of rotatable bonds is 3. The van der Waals surface area contributed by atoms with Gasteiger partial charge in [0.15, 0.2) is 0 Å². The zero-order valence-corrected chi connectivity index (χ0v) is 13.8. The van der Waals surface area contributed by atoms with E-state index in [1.54, 1.807) is 7.11 Å². The van der Waals surface area contributed by atoms with Crippen LogP contribution in [0.3, 0.4) is 0 Å². The van der Waals surface area contributed by atoms with E-state index in [9.17, 15) is 0 Å². The van der Waals surface area contributed by atoms with Crippen LogP contribution in [0.1, 0.15) is 27.2 Å². The quantitative estimate of drug-likeness (QED) is 0.921. The number of nitrogens with one attached hydrogen (secondary N) is 1. The highest BCUT2D eigenvalue weighted by molar-refractivity contribution is 9.10. The van der Waals surface area contributed by atoms with Gasteiger partial charge < -0.3 is 15.0 Å². The average molecular weight is 327 g/mol. The molecule has 4 heteroatoms. The molecule has 19 heavy (non-hydrogen) atoms. The molecule has 0 spiro atoms. The minimum absolute atomic E-state index is 0.140. The van der Waals surface area contributed by atoms with Crippen molar-refractivity contribution in [2.45, 2.75) is 38.8 Å². The molecule has 1 aromatic rings. The third-order valence-electron chi connectivity index (χ3n) is 3.72. The van der Waals surface area contributed by atoms with Crippen LogP contribution in [0.5, 0.6) is 5.75 Å². The summed E-state index contributed by atoms with van der Waals surface area (Å²) in [6.45, 7) is 8.78. The molecule has 1 unspecified atom stereocenters. The standard InChI is InChI=1S/C15H23BrN2O/c1-5-12-9-17-15(2,3)10-18(12)13-6-11(16)7-14(8-13)19-4/h6-8,12,17H,5,9-10H2,1-4H3. The third-order valence-corrected chi connectivity index (χ3v) is 4.18. The van der Waals surface area contributed by atoms with Crippen LogP contribution >= 0.6 is 15.9 Å². The molecule has 0 bridgehead atoms. The molecule has 0 aliphatic carbocycles.